The van der Waals surface area contributed by atoms with Crippen LogP contribution < -0.4 is 4.74 Å². The van der Waals surface area contributed by atoms with E-state index in [1.165, 1.54) is 0 Å². The Morgan fingerprint density at radius 2 is 1.80 bits per heavy atom. The molecule has 5 heteroatoms. The van der Waals surface area contributed by atoms with Crippen LogP contribution in [0.1, 0.15) is 17.0 Å². The number of methoxy groups -OCH3 is 1. The highest BCUT2D eigenvalue weighted by molar-refractivity contribution is 5.72. The van der Waals surface area contributed by atoms with Crippen LogP contribution in [-0.4, -0.2) is 18.1 Å². The van der Waals surface area contributed by atoms with E-state index in [1.807, 2.05) is 54.6 Å². The van der Waals surface area contributed by atoms with Crippen LogP contribution in [0.5, 0.6) is 5.75 Å². The van der Waals surface area contributed by atoms with Crippen LogP contribution in [0.15, 0.2) is 59.0 Å². The zero-order chi connectivity index (χ0) is 17.6. The molecule has 0 saturated carbocycles. The van der Waals surface area contributed by atoms with Crippen molar-refractivity contribution in [2.75, 3.05) is 7.11 Å². The molecule has 0 aliphatic rings. The summed E-state index contributed by atoms with van der Waals surface area (Å²) in [5.41, 5.74) is 2.37. The van der Waals surface area contributed by atoms with E-state index in [4.69, 9.17) is 13.9 Å². The van der Waals surface area contributed by atoms with E-state index in [-0.39, 0.29) is 19.0 Å². The molecule has 0 radical (unpaired) electrons. The molecule has 0 aliphatic carbocycles. The van der Waals surface area contributed by atoms with E-state index >= 15 is 0 Å². The van der Waals surface area contributed by atoms with Gasteiger partial charge in [-0.3, -0.25) is 4.79 Å². The number of aromatic nitrogens is 1. The molecule has 0 atom stereocenters. The van der Waals surface area contributed by atoms with Gasteiger partial charge in [0.15, 0.2) is 0 Å². The number of oxazole rings is 1. The normalized spacial score (nSPS) is 10.5. The summed E-state index contributed by atoms with van der Waals surface area (Å²) in [6.45, 7) is 2.01. The summed E-state index contributed by atoms with van der Waals surface area (Å²) in [5, 5.41) is 0. The van der Waals surface area contributed by atoms with Crippen LogP contribution in [-0.2, 0) is 22.6 Å². The van der Waals surface area contributed by atoms with Crippen molar-refractivity contribution in [1.82, 2.24) is 4.98 Å². The highest BCUT2D eigenvalue weighted by Gasteiger charge is 2.15. The monoisotopic (exact) mass is 337 g/mol. The molecular weight excluding hydrogens is 318 g/mol. The van der Waals surface area contributed by atoms with Crippen LogP contribution in [0.3, 0.4) is 0 Å². The minimum Gasteiger partial charge on any atom is -0.497 e. The Bertz CT molecular complexity index is 838. The number of ether oxygens (including phenoxy) is 2. The summed E-state index contributed by atoms with van der Waals surface area (Å²) in [6.07, 6.45) is 0.0817. The van der Waals surface area contributed by atoms with Crippen molar-refractivity contribution in [3.05, 3.63) is 71.6 Å². The summed E-state index contributed by atoms with van der Waals surface area (Å²) in [7, 11) is 1.61. The van der Waals surface area contributed by atoms with Gasteiger partial charge < -0.3 is 13.9 Å². The quantitative estimate of drug-likeness (QED) is 0.638. The number of rotatable bonds is 6. The van der Waals surface area contributed by atoms with Crippen molar-refractivity contribution in [2.45, 2.75) is 20.0 Å². The van der Waals surface area contributed by atoms with Crippen LogP contribution in [0.2, 0.25) is 0 Å². The Hall–Kier alpha value is -3.08. The van der Waals surface area contributed by atoms with E-state index in [0.29, 0.717) is 17.3 Å². The molecule has 0 amide bonds. The Labute approximate surface area is 146 Å². The molecule has 128 valence electrons. The fourth-order valence-corrected chi connectivity index (χ4v) is 2.37. The summed E-state index contributed by atoms with van der Waals surface area (Å²) >= 11 is 0. The van der Waals surface area contributed by atoms with Gasteiger partial charge in [-0.05, 0) is 36.8 Å². The highest BCUT2D eigenvalue weighted by atomic mass is 16.5. The van der Waals surface area contributed by atoms with Gasteiger partial charge in [0.1, 0.15) is 18.1 Å². The molecule has 0 spiro atoms. The summed E-state index contributed by atoms with van der Waals surface area (Å²) < 4.78 is 16.1. The van der Waals surface area contributed by atoms with Gasteiger partial charge in [-0.2, -0.15) is 0 Å². The van der Waals surface area contributed by atoms with Crippen LogP contribution in [0, 0.1) is 6.92 Å². The molecule has 0 bridgehead atoms. The third-order valence-electron chi connectivity index (χ3n) is 3.78. The van der Waals surface area contributed by atoms with Gasteiger partial charge in [-0.25, -0.2) is 4.98 Å². The molecule has 1 aromatic heterocycles. The largest absolute Gasteiger partial charge is 0.497 e. The van der Waals surface area contributed by atoms with E-state index in [9.17, 15) is 4.79 Å². The van der Waals surface area contributed by atoms with Crippen molar-refractivity contribution in [1.29, 1.82) is 0 Å². The number of carbonyl (C=O) groups is 1. The number of hydrogen-bond donors (Lipinski definition) is 0. The van der Waals surface area contributed by atoms with Crippen LogP contribution >= 0.6 is 0 Å². The Morgan fingerprint density at radius 1 is 1.08 bits per heavy atom. The number of carbonyl (C=O) groups excluding carboxylic acids is 1. The third-order valence-corrected chi connectivity index (χ3v) is 3.78. The zero-order valence-electron chi connectivity index (χ0n) is 14.2. The molecule has 0 N–H and O–H groups in total. The second kappa shape index (κ2) is 7.66. The van der Waals surface area contributed by atoms with E-state index < -0.39 is 0 Å². The summed E-state index contributed by atoms with van der Waals surface area (Å²) in [6, 6.07) is 17.0. The van der Waals surface area contributed by atoms with Crippen molar-refractivity contribution >= 4 is 5.97 Å². The summed E-state index contributed by atoms with van der Waals surface area (Å²) in [4.78, 5) is 16.5. The third kappa shape index (κ3) is 4.26. The van der Waals surface area contributed by atoms with Gasteiger partial charge in [0.25, 0.3) is 0 Å². The molecular formula is C20H19NO4. The number of hydrogen-bond acceptors (Lipinski definition) is 5. The van der Waals surface area contributed by atoms with Gasteiger partial charge in [0, 0.05) is 5.56 Å². The smallest absolute Gasteiger partial charge is 0.312 e. The first-order chi connectivity index (χ1) is 12.2. The molecule has 3 aromatic rings. The van der Waals surface area contributed by atoms with Crippen molar-refractivity contribution < 1.29 is 18.7 Å². The first-order valence-corrected chi connectivity index (χ1v) is 7.96. The second-order valence-corrected chi connectivity index (χ2v) is 5.57. The van der Waals surface area contributed by atoms with E-state index in [1.54, 1.807) is 14.0 Å². The van der Waals surface area contributed by atoms with Crippen molar-refractivity contribution in [3.63, 3.8) is 0 Å². The topological polar surface area (TPSA) is 61.6 Å². The number of esters is 1. The average Bonchev–Trinajstić information content (AvgIpc) is 3.01. The predicted octanol–water partition coefficient (Wildman–Crippen LogP) is 3.94. The molecule has 0 saturated heterocycles. The molecule has 0 aliphatic heterocycles. The minimum absolute atomic E-state index is 0.0817. The SMILES string of the molecule is COc1ccc(COC(=O)Cc2nc(-c3ccccc3)oc2C)cc1. The molecule has 0 fully saturated rings. The van der Waals surface area contributed by atoms with E-state index in [2.05, 4.69) is 4.98 Å². The van der Waals surface area contributed by atoms with Gasteiger partial charge in [-0.15, -0.1) is 0 Å². The fraction of sp³-hybridized carbons (Fsp3) is 0.200. The standard InChI is InChI=1S/C20H19NO4/c1-14-18(21-20(25-14)16-6-4-3-5-7-16)12-19(22)24-13-15-8-10-17(23-2)11-9-15/h3-11H,12-13H2,1-2H3. The lowest BCUT2D eigenvalue weighted by Gasteiger charge is -2.05. The Balaban J connectivity index is 1.60. The number of nitrogens with zero attached hydrogens (tertiary/aromatic N) is 1. The highest BCUT2D eigenvalue weighted by Crippen LogP contribution is 2.22. The van der Waals surface area contributed by atoms with Gasteiger partial charge in [0.2, 0.25) is 5.89 Å². The number of benzene rings is 2. The Morgan fingerprint density at radius 3 is 2.48 bits per heavy atom. The van der Waals surface area contributed by atoms with Crippen molar-refractivity contribution in [3.8, 4) is 17.2 Å². The summed E-state index contributed by atoms with van der Waals surface area (Å²) in [5.74, 6) is 1.56. The lowest BCUT2D eigenvalue weighted by atomic mass is 10.2. The van der Waals surface area contributed by atoms with E-state index in [0.717, 1.165) is 16.9 Å². The predicted molar refractivity (Wildman–Crippen MR) is 93.2 cm³/mol. The van der Waals surface area contributed by atoms with Crippen LogP contribution in [0.25, 0.3) is 11.5 Å². The molecule has 3 rings (SSSR count). The molecule has 5 nitrogen and oxygen atoms in total. The lowest BCUT2D eigenvalue weighted by Crippen LogP contribution is -2.09. The van der Waals surface area contributed by atoms with Gasteiger partial charge in [0.05, 0.1) is 19.2 Å². The zero-order valence-corrected chi connectivity index (χ0v) is 14.2. The maximum atomic E-state index is 12.1. The maximum absolute atomic E-state index is 12.1. The second-order valence-electron chi connectivity index (χ2n) is 5.57. The van der Waals surface area contributed by atoms with Crippen LogP contribution in [0.4, 0.5) is 0 Å². The molecule has 0 unspecified atom stereocenters. The maximum Gasteiger partial charge on any atom is 0.312 e. The van der Waals surface area contributed by atoms with Crippen molar-refractivity contribution in [2.24, 2.45) is 0 Å². The average molecular weight is 337 g/mol. The van der Waals surface area contributed by atoms with Gasteiger partial charge in [-0.1, -0.05) is 30.3 Å². The first kappa shape index (κ1) is 16.8. The lowest BCUT2D eigenvalue weighted by molar-refractivity contribution is -0.144. The molecule has 2 aromatic carbocycles. The fourth-order valence-electron chi connectivity index (χ4n) is 2.37. The minimum atomic E-state index is -0.341. The number of aryl methyl sites for hydroxylation is 1. The first-order valence-electron chi connectivity index (χ1n) is 7.96. The molecule has 25 heavy (non-hydrogen) atoms. The molecule has 1 heterocycles. The van der Waals surface area contributed by atoms with Gasteiger partial charge >= 0.3 is 5.97 Å². The Kier molecular flexibility index (Phi) is 5.14.